The van der Waals surface area contributed by atoms with Gasteiger partial charge in [0.1, 0.15) is 0 Å². The maximum Gasteiger partial charge on any atom is 0.0207 e. The SMILES string of the molecule is C=CCN(CC=C)CC1=C(C)CCCC1(C)C. The summed E-state index contributed by atoms with van der Waals surface area (Å²) in [7, 11) is 0. The maximum absolute atomic E-state index is 3.84. The van der Waals surface area contributed by atoms with Crippen LogP contribution in [-0.4, -0.2) is 24.5 Å². The van der Waals surface area contributed by atoms with Gasteiger partial charge in [-0.15, -0.1) is 13.2 Å². The largest absolute Gasteiger partial charge is 0.292 e. The van der Waals surface area contributed by atoms with Crippen molar-refractivity contribution in [3.05, 3.63) is 36.5 Å². The number of rotatable bonds is 6. The van der Waals surface area contributed by atoms with Crippen molar-refractivity contribution in [3.63, 3.8) is 0 Å². The maximum atomic E-state index is 3.84. The third-order valence-electron chi connectivity index (χ3n) is 3.84. The topological polar surface area (TPSA) is 3.24 Å². The molecule has 0 aromatic carbocycles. The van der Waals surface area contributed by atoms with Crippen molar-refractivity contribution in [1.82, 2.24) is 4.90 Å². The van der Waals surface area contributed by atoms with Crippen LogP contribution in [0.25, 0.3) is 0 Å². The summed E-state index contributed by atoms with van der Waals surface area (Å²) in [5.74, 6) is 0. The highest BCUT2D eigenvalue weighted by Gasteiger charge is 2.28. The Kier molecular flexibility index (Phi) is 5.20. The Morgan fingerprint density at radius 1 is 1.24 bits per heavy atom. The van der Waals surface area contributed by atoms with Gasteiger partial charge in [-0.05, 0) is 31.6 Å². The molecule has 0 bridgehead atoms. The number of hydrogen-bond donors (Lipinski definition) is 0. The lowest BCUT2D eigenvalue weighted by atomic mass is 9.72. The molecular weight excluding hydrogens is 206 g/mol. The van der Waals surface area contributed by atoms with Crippen LogP contribution < -0.4 is 0 Å². The monoisotopic (exact) mass is 233 g/mol. The first-order valence-electron chi connectivity index (χ1n) is 6.64. The Morgan fingerprint density at radius 3 is 2.29 bits per heavy atom. The molecule has 96 valence electrons. The Morgan fingerprint density at radius 2 is 1.82 bits per heavy atom. The van der Waals surface area contributed by atoms with E-state index in [1.54, 1.807) is 11.1 Å². The van der Waals surface area contributed by atoms with Gasteiger partial charge in [-0.25, -0.2) is 0 Å². The molecule has 0 spiro atoms. The highest BCUT2D eigenvalue weighted by molar-refractivity contribution is 5.24. The van der Waals surface area contributed by atoms with E-state index in [0.29, 0.717) is 5.41 Å². The first-order valence-corrected chi connectivity index (χ1v) is 6.64. The summed E-state index contributed by atoms with van der Waals surface area (Å²) < 4.78 is 0. The molecule has 0 N–H and O–H groups in total. The van der Waals surface area contributed by atoms with Crippen LogP contribution in [0, 0.1) is 5.41 Å². The summed E-state index contributed by atoms with van der Waals surface area (Å²) in [6, 6.07) is 0. The second-order valence-corrected chi connectivity index (χ2v) is 5.77. The molecule has 1 aliphatic carbocycles. The standard InChI is InChI=1S/C16H27N/c1-6-11-17(12-7-2)13-15-14(3)9-8-10-16(15,4)5/h6-7H,1-2,8-13H2,3-5H3. The molecule has 0 heterocycles. The van der Waals surface area contributed by atoms with E-state index in [-0.39, 0.29) is 0 Å². The average molecular weight is 233 g/mol. The van der Waals surface area contributed by atoms with Gasteiger partial charge in [-0.3, -0.25) is 4.90 Å². The van der Waals surface area contributed by atoms with E-state index in [4.69, 9.17) is 0 Å². The summed E-state index contributed by atoms with van der Waals surface area (Å²) in [5, 5.41) is 0. The van der Waals surface area contributed by atoms with Crippen molar-refractivity contribution in [2.45, 2.75) is 40.0 Å². The number of hydrogen-bond acceptors (Lipinski definition) is 1. The zero-order valence-electron chi connectivity index (χ0n) is 11.8. The average Bonchev–Trinajstić information content (AvgIpc) is 2.24. The predicted octanol–water partition coefficient (Wildman–Crippen LogP) is 4.19. The molecule has 0 amide bonds. The second-order valence-electron chi connectivity index (χ2n) is 5.77. The van der Waals surface area contributed by atoms with Crippen LogP contribution in [-0.2, 0) is 0 Å². The molecule has 0 fully saturated rings. The van der Waals surface area contributed by atoms with Crippen molar-refractivity contribution < 1.29 is 0 Å². The fourth-order valence-electron chi connectivity index (χ4n) is 2.82. The van der Waals surface area contributed by atoms with Gasteiger partial charge in [0.25, 0.3) is 0 Å². The molecule has 0 atom stereocenters. The number of nitrogens with zero attached hydrogens (tertiary/aromatic N) is 1. The van der Waals surface area contributed by atoms with E-state index < -0.39 is 0 Å². The summed E-state index contributed by atoms with van der Waals surface area (Å²) in [4.78, 5) is 2.41. The molecule has 0 saturated heterocycles. The van der Waals surface area contributed by atoms with Gasteiger partial charge in [-0.2, -0.15) is 0 Å². The molecule has 1 nitrogen and oxygen atoms in total. The van der Waals surface area contributed by atoms with Crippen molar-refractivity contribution in [2.75, 3.05) is 19.6 Å². The third kappa shape index (κ3) is 3.85. The van der Waals surface area contributed by atoms with E-state index in [1.165, 1.54) is 19.3 Å². The smallest absolute Gasteiger partial charge is 0.0207 e. The van der Waals surface area contributed by atoms with Crippen LogP contribution in [0.2, 0.25) is 0 Å². The molecule has 1 rings (SSSR count). The zero-order chi connectivity index (χ0) is 12.9. The summed E-state index contributed by atoms with van der Waals surface area (Å²) in [5.41, 5.74) is 3.59. The second kappa shape index (κ2) is 6.20. The highest BCUT2D eigenvalue weighted by atomic mass is 15.1. The first-order chi connectivity index (χ1) is 8.01. The van der Waals surface area contributed by atoms with Gasteiger partial charge in [0, 0.05) is 19.6 Å². The van der Waals surface area contributed by atoms with Crippen LogP contribution in [0.15, 0.2) is 36.5 Å². The van der Waals surface area contributed by atoms with E-state index in [1.807, 2.05) is 12.2 Å². The molecule has 0 aromatic heterocycles. The predicted molar refractivity (Wildman–Crippen MR) is 77.2 cm³/mol. The molecule has 0 radical (unpaired) electrons. The Bertz CT molecular complexity index is 299. The van der Waals surface area contributed by atoms with Crippen LogP contribution in [0.3, 0.4) is 0 Å². The highest BCUT2D eigenvalue weighted by Crippen LogP contribution is 2.40. The lowest BCUT2D eigenvalue weighted by molar-refractivity contribution is 0.292. The molecule has 1 heteroatoms. The van der Waals surface area contributed by atoms with Gasteiger partial charge in [0.15, 0.2) is 0 Å². The van der Waals surface area contributed by atoms with Gasteiger partial charge in [0.05, 0.1) is 0 Å². The zero-order valence-corrected chi connectivity index (χ0v) is 11.8. The van der Waals surface area contributed by atoms with Crippen molar-refractivity contribution in [3.8, 4) is 0 Å². The van der Waals surface area contributed by atoms with E-state index in [9.17, 15) is 0 Å². The van der Waals surface area contributed by atoms with Crippen molar-refractivity contribution in [1.29, 1.82) is 0 Å². The third-order valence-corrected chi connectivity index (χ3v) is 3.84. The van der Waals surface area contributed by atoms with Crippen molar-refractivity contribution >= 4 is 0 Å². The van der Waals surface area contributed by atoms with Crippen LogP contribution >= 0.6 is 0 Å². The minimum atomic E-state index is 0.364. The van der Waals surface area contributed by atoms with Gasteiger partial charge >= 0.3 is 0 Å². The summed E-state index contributed by atoms with van der Waals surface area (Å²) in [6.45, 7) is 17.7. The molecule has 0 aromatic rings. The Labute approximate surface area is 107 Å². The van der Waals surface area contributed by atoms with E-state index in [0.717, 1.165) is 19.6 Å². The van der Waals surface area contributed by atoms with Crippen LogP contribution in [0.4, 0.5) is 0 Å². The fraction of sp³-hybridized carbons (Fsp3) is 0.625. The summed E-state index contributed by atoms with van der Waals surface area (Å²) in [6.07, 6.45) is 7.89. The summed E-state index contributed by atoms with van der Waals surface area (Å²) >= 11 is 0. The Balaban J connectivity index is 2.81. The van der Waals surface area contributed by atoms with E-state index in [2.05, 4.69) is 38.8 Å². The lowest BCUT2D eigenvalue weighted by Crippen LogP contribution is -2.33. The van der Waals surface area contributed by atoms with Crippen LogP contribution in [0.5, 0.6) is 0 Å². The fourth-order valence-corrected chi connectivity index (χ4v) is 2.82. The first kappa shape index (κ1) is 14.2. The quantitative estimate of drug-likeness (QED) is 0.622. The van der Waals surface area contributed by atoms with Gasteiger partial charge in [-0.1, -0.05) is 37.1 Å². The van der Waals surface area contributed by atoms with Gasteiger partial charge < -0.3 is 0 Å². The van der Waals surface area contributed by atoms with Gasteiger partial charge in [0.2, 0.25) is 0 Å². The minimum absolute atomic E-state index is 0.364. The molecule has 0 saturated carbocycles. The van der Waals surface area contributed by atoms with E-state index >= 15 is 0 Å². The minimum Gasteiger partial charge on any atom is -0.292 e. The Hall–Kier alpha value is -0.820. The molecule has 1 aliphatic rings. The van der Waals surface area contributed by atoms with Crippen LogP contribution in [0.1, 0.15) is 40.0 Å². The number of allylic oxidation sites excluding steroid dienone is 1. The molecule has 0 unspecified atom stereocenters. The molecular formula is C16H27N. The molecule has 0 aliphatic heterocycles. The normalized spacial score (nSPS) is 19.5. The molecule has 17 heavy (non-hydrogen) atoms. The lowest BCUT2D eigenvalue weighted by Gasteiger charge is -2.37. The van der Waals surface area contributed by atoms with Crippen molar-refractivity contribution in [2.24, 2.45) is 5.41 Å².